The van der Waals surface area contributed by atoms with E-state index in [4.69, 9.17) is 0 Å². The summed E-state index contributed by atoms with van der Waals surface area (Å²) in [5.41, 5.74) is 0.115. The molecular weight excluding hydrogens is 248 g/mol. The van der Waals surface area contributed by atoms with Gasteiger partial charge in [-0.1, -0.05) is 6.07 Å². The minimum Gasteiger partial charge on any atom is -0.317 e. The number of hydrogen-bond donors (Lipinski definition) is 1. The summed E-state index contributed by atoms with van der Waals surface area (Å²) < 4.78 is 27.1. The number of nitrogens with one attached hydrogen (secondary N) is 1. The first-order valence-electron chi connectivity index (χ1n) is 6.78. The Bertz CT molecular complexity index is 467. The van der Waals surface area contributed by atoms with E-state index in [1.54, 1.807) is 0 Å². The van der Waals surface area contributed by atoms with Crippen LogP contribution in [0.2, 0.25) is 0 Å². The second kappa shape index (κ2) is 6.24. The van der Waals surface area contributed by atoms with E-state index >= 15 is 0 Å². The fraction of sp³-hybridized carbons (Fsp3) is 0.533. The van der Waals surface area contributed by atoms with Gasteiger partial charge in [-0.25, -0.2) is 8.78 Å². The second-order valence-corrected chi connectivity index (χ2v) is 5.21. The summed E-state index contributed by atoms with van der Waals surface area (Å²) in [4.78, 5) is 11.9. The Morgan fingerprint density at radius 2 is 1.95 bits per heavy atom. The van der Waals surface area contributed by atoms with Gasteiger partial charge in [0.15, 0.2) is 17.4 Å². The largest absolute Gasteiger partial charge is 0.317 e. The molecule has 104 valence electrons. The van der Waals surface area contributed by atoms with Crippen molar-refractivity contribution in [3.05, 3.63) is 34.9 Å². The van der Waals surface area contributed by atoms with E-state index in [2.05, 4.69) is 5.32 Å². The maximum Gasteiger partial charge on any atom is 0.169 e. The molecule has 0 atom stereocenters. The van der Waals surface area contributed by atoms with Gasteiger partial charge in [0.2, 0.25) is 0 Å². The van der Waals surface area contributed by atoms with Gasteiger partial charge in [-0.05, 0) is 56.8 Å². The monoisotopic (exact) mass is 267 g/mol. The molecule has 1 aromatic rings. The van der Waals surface area contributed by atoms with Crippen LogP contribution in [-0.4, -0.2) is 18.9 Å². The first-order valence-corrected chi connectivity index (χ1v) is 6.78. The molecule has 1 aliphatic heterocycles. The number of aryl methyl sites for hydroxylation is 1. The fourth-order valence-corrected chi connectivity index (χ4v) is 2.50. The van der Waals surface area contributed by atoms with Gasteiger partial charge in [-0.3, -0.25) is 4.79 Å². The SMILES string of the molecule is Cc1ccc(C(=O)CCC2CCNCC2)c(F)c1F. The third-order valence-electron chi connectivity index (χ3n) is 3.81. The lowest BCUT2D eigenvalue weighted by Gasteiger charge is -2.22. The van der Waals surface area contributed by atoms with Crippen molar-refractivity contribution >= 4 is 5.78 Å². The number of Topliss-reactive ketones (excluding diaryl/α,β-unsaturated/α-hetero) is 1. The molecule has 1 heterocycles. The number of carbonyl (C=O) groups excluding carboxylic acids is 1. The molecule has 0 bridgehead atoms. The van der Waals surface area contributed by atoms with Crippen LogP contribution in [0.1, 0.15) is 41.6 Å². The van der Waals surface area contributed by atoms with E-state index in [1.165, 1.54) is 19.1 Å². The molecule has 1 N–H and O–H groups in total. The van der Waals surface area contributed by atoms with Crippen LogP contribution in [0.4, 0.5) is 8.78 Å². The summed E-state index contributed by atoms with van der Waals surface area (Å²) in [6.45, 7) is 3.44. The van der Waals surface area contributed by atoms with Gasteiger partial charge in [0.25, 0.3) is 0 Å². The fourth-order valence-electron chi connectivity index (χ4n) is 2.50. The lowest BCUT2D eigenvalue weighted by atomic mass is 9.91. The van der Waals surface area contributed by atoms with Crippen molar-refractivity contribution in [3.63, 3.8) is 0 Å². The molecule has 1 aromatic carbocycles. The maximum atomic E-state index is 13.7. The molecule has 1 aliphatic rings. The van der Waals surface area contributed by atoms with Crippen molar-refractivity contribution in [1.82, 2.24) is 5.32 Å². The van der Waals surface area contributed by atoms with Crippen LogP contribution >= 0.6 is 0 Å². The zero-order valence-electron chi connectivity index (χ0n) is 11.1. The lowest BCUT2D eigenvalue weighted by molar-refractivity contribution is 0.0966. The van der Waals surface area contributed by atoms with Crippen LogP contribution in [0.25, 0.3) is 0 Å². The standard InChI is InChI=1S/C15H19F2NO/c1-10-2-4-12(15(17)14(10)16)13(19)5-3-11-6-8-18-9-7-11/h2,4,11,18H,3,5-9H2,1H3. The third kappa shape index (κ3) is 3.38. The Morgan fingerprint density at radius 1 is 1.26 bits per heavy atom. The summed E-state index contributed by atoms with van der Waals surface area (Å²) in [5, 5.41) is 3.26. The van der Waals surface area contributed by atoms with Crippen LogP contribution in [0, 0.1) is 24.5 Å². The summed E-state index contributed by atoms with van der Waals surface area (Å²) in [7, 11) is 0. The minimum atomic E-state index is -1.00. The third-order valence-corrected chi connectivity index (χ3v) is 3.81. The van der Waals surface area contributed by atoms with Crippen molar-refractivity contribution in [3.8, 4) is 0 Å². The van der Waals surface area contributed by atoms with Crippen molar-refractivity contribution in [2.45, 2.75) is 32.6 Å². The number of piperidine rings is 1. The number of rotatable bonds is 4. The summed E-state index contributed by atoms with van der Waals surface area (Å²) in [6.07, 6.45) is 3.16. The van der Waals surface area contributed by atoms with Crippen molar-refractivity contribution in [2.75, 3.05) is 13.1 Å². The summed E-state index contributed by atoms with van der Waals surface area (Å²) in [5.74, 6) is -1.69. The number of hydrogen-bond acceptors (Lipinski definition) is 2. The highest BCUT2D eigenvalue weighted by molar-refractivity contribution is 5.96. The normalized spacial score (nSPS) is 16.6. The lowest BCUT2D eigenvalue weighted by Crippen LogP contribution is -2.28. The molecule has 1 saturated heterocycles. The van der Waals surface area contributed by atoms with Gasteiger partial charge in [-0.2, -0.15) is 0 Å². The first kappa shape index (κ1) is 14.1. The highest BCUT2D eigenvalue weighted by atomic mass is 19.2. The van der Waals surface area contributed by atoms with Gasteiger partial charge < -0.3 is 5.32 Å². The van der Waals surface area contributed by atoms with Crippen LogP contribution in [-0.2, 0) is 0 Å². The average molecular weight is 267 g/mol. The highest BCUT2D eigenvalue weighted by Crippen LogP contribution is 2.22. The quantitative estimate of drug-likeness (QED) is 0.849. The number of benzene rings is 1. The highest BCUT2D eigenvalue weighted by Gasteiger charge is 2.19. The van der Waals surface area contributed by atoms with Crippen molar-refractivity contribution in [1.29, 1.82) is 0 Å². The maximum absolute atomic E-state index is 13.7. The molecule has 2 rings (SSSR count). The number of carbonyl (C=O) groups is 1. The molecule has 0 unspecified atom stereocenters. The molecule has 0 aliphatic carbocycles. The van der Waals surface area contributed by atoms with Gasteiger partial charge in [-0.15, -0.1) is 0 Å². The minimum absolute atomic E-state index is 0.114. The Kier molecular flexibility index (Phi) is 4.64. The van der Waals surface area contributed by atoms with Crippen LogP contribution in [0.3, 0.4) is 0 Å². The van der Waals surface area contributed by atoms with Crippen LogP contribution in [0.15, 0.2) is 12.1 Å². The predicted octanol–water partition coefficient (Wildman–Crippen LogP) is 3.24. The van der Waals surface area contributed by atoms with Gasteiger partial charge >= 0.3 is 0 Å². The van der Waals surface area contributed by atoms with E-state index in [0.29, 0.717) is 12.3 Å². The van der Waals surface area contributed by atoms with Crippen molar-refractivity contribution < 1.29 is 13.6 Å². The van der Waals surface area contributed by atoms with E-state index in [0.717, 1.165) is 32.4 Å². The molecule has 19 heavy (non-hydrogen) atoms. The number of ketones is 1. The second-order valence-electron chi connectivity index (χ2n) is 5.21. The van der Waals surface area contributed by atoms with Gasteiger partial charge in [0, 0.05) is 6.42 Å². The van der Waals surface area contributed by atoms with Gasteiger partial charge in [0.1, 0.15) is 0 Å². The van der Waals surface area contributed by atoms with E-state index in [1.807, 2.05) is 0 Å². The summed E-state index contributed by atoms with van der Waals surface area (Å²) >= 11 is 0. The molecule has 1 fully saturated rings. The molecule has 4 heteroatoms. The first-order chi connectivity index (χ1) is 9.09. The average Bonchev–Trinajstić information content (AvgIpc) is 2.43. The van der Waals surface area contributed by atoms with E-state index in [9.17, 15) is 13.6 Å². The molecule has 0 aromatic heterocycles. The van der Waals surface area contributed by atoms with E-state index < -0.39 is 11.6 Å². The van der Waals surface area contributed by atoms with Crippen molar-refractivity contribution in [2.24, 2.45) is 5.92 Å². The zero-order chi connectivity index (χ0) is 13.8. The smallest absolute Gasteiger partial charge is 0.169 e. The van der Waals surface area contributed by atoms with Gasteiger partial charge in [0.05, 0.1) is 5.56 Å². The van der Waals surface area contributed by atoms with Crippen LogP contribution < -0.4 is 5.32 Å². The molecule has 0 amide bonds. The molecule has 0 spiro atoms. The molecule has 0 radical (unpaired) electrons. The van der Waals surface area contributed by atoms with Crippen LogP contribution in [0.5, 0.6) is 0 Å². The Balaban J connectivity index is 1.98. The topological polar surface area (TPSA) is 29.1 Å². The number of halogens is 2. The zero-order valence-corrected chi connectivity index (χ0v) is 11.1. The summed E-state index contributed by atoms with van der Waals surface area (Å²) in [6, 6.07) is 2.84. The molecule has 0 saturated carbocycles. The molecular formula is C15H19F2NO. The Hall–Kier alpha value is -1.29. The Morgan fingerprint density at radius 3 is 2.63 bits per heavy atom. The molecule has 2 nitrogen and oxygen atoms in total. The van der Waals surface area contributed by atoms with E-state index in [-0.39, 0.29) is 16.9 Å². The predicted molar refractivity (Wildman–Crippen MR) is 70.3 cm³/mol. The Labute approximate surface area is 112 Å².